The number of hydrogen-bond acceptors (Lipinski definition) is 3. The molecule has 0 amide bonds. The molecule has 0 saturated heterocycles. The number of carbonyl (C=O) groups is 1. The molecule has 0 spiro atoms. The van der Waals surface area contributed by atoms with E-state index in [2.05, 4.69) is 17.4 Å². The molecule has 1 atom stereocenters. The van der Waals surface area contributed by atoms with Gasteiger partial charge in [-0.3, -0.25) is 0 Å². The number of fused-ring (bicyclic) bond motifs is 1. The van der Waals surface area contributed by atoms with Gasteiger partial charge < -0.3 is 10.1 Å². The van der Waals surface area contributed by atoms with Gasteiger partial charge in [-0.1, -0.05) is 43.3 Å². The Labute approximate surface area is 107 Å². The summed E-state index contributed by atoms with van der Waals surface area (Å²) in [5.74, 6) is -0.231. The monoisotopic (exact) mass is 243 g/mol. The summed E-state index contributed by atoms with van der Waals surface area (Å²) in [6.07, 6.45) is 0.690. The van der Waals surface area contributed by atoms with Gasteiger partial charge in [-0.25, -0.2) is 4.79 Å². The van der Waals surface area contributed by atoms with Crippen molar-refractivity contribution in [2.45, 2.75) is 19.4 Å². The first kappa shape index (κ1) is 12.4. The second-order valence-electron chi connectivity index (χ2n) is 4.16. The summed E-state index contributed by atoms with van der Waals surface area (Å²) in [4.78, 5) is 11.6. The lowest BCUT2D eigenvalue weighted by Gasteiger charge is -2.17. The Balaban J connectivity index is 2.33. The van der Waals surface area contributed by atoms with Crippen molar-refractivity contribution in [3.8, 4) is 0 Å². The van der Waals surface area contributed by atoms with Crippen molar-refractivity contribution in [2.75, 3.05) is 12.4 Å². The third-order valence-corrected chi connectivity index (χ3v) is 3.01. The number of carbonyl (C=O) groups excluding carboxylic acids is 1. The number of rotatable bonds is 4. The SMILES string of the molecule is CCC(Nc1cccc2ccccc12)C(=O)OC. The lowest BCUT2D eigenvalue weighted by molar-refractivity contribution is -0.141. The average Bonchev–Trinajstić information content (AvgIpc) is 2.44. The molecule has 0 heterocycles. The van der Waals surface area contributed by atoms with Gasteiger partial charge in [-0.15, -0.1) is 0 Å². The second-order valence-corrected chi connectivity index (χ2v) is 4.16. The molecule has 2 rings (SSSR count). The maximum atomic E-state index is 11.6. The molecule has 0 bridgehead atoms. The summed E-state index contributed by atoms with van der Waals surface area (Å²) in [7, 11) is 1.41. The fraction of sp³-hybridized carbons (Fsp3) is 0.267. The number of benzene rings is 2. The van der Waals surface area contributed by atoms with Crippen molar-refractivity contribution in [1.82, 2.24) is 0 Å². The molecule has 18 heavy (non-hydrogen) atoms. The highest BCUT2D eigenvalue weighted by Gasteiger charge is 2.17. The lowest BCUT2D eigenvalue weighted by Crippen LogP contribution is -2.29. The second kappa shape index (κ2) is 5.54. The van der Waals surface area contributed by atoms with Crippen LogP contribution in [0.3, 0.4) is 0 Å². The summed E-state index contributed by atoms with van der Waals surface area (Å²) in [5.41, 5.74) is 0.963. The summed E-state index contributed by atoms with van der Waals surface area (Å²) < 4.78 is 4.79. The minimum Gasteiger partial charge on any atom is -0.467 e. The van der Waals surface area contributed by atoms with E-state index in [1.165, 1.54) is 7.11 Å². The van der Waals surface area contributed by atoms with E-state index in [9.17, 15) is 4.79 Å². The minimum absolute atomic E-state index is 0.231. The van der Waals surface area contributed by atoms with Crippen LogP contribution in [-0.2, 0) is 9.53 Å². The zero-order valence-electron chi connectivity index (χ0n) is 10.6. The van der Waals surface area contributed by atoms with E-state index in [-0.39, 0.29) is 12.0 Å². The van der Waals surface area contributed by atoms with Gasteiger partial charge in [0.15, 0.2) is 0 Å². The molecule has 94 valence electrons. The molecule has 1 N–H and O–H groups in total. The van der Waals surface area contributed by atoms with Crippen LogP contribution in [0, 0.1) is 0 Å². The molecule has 0 aromatic heterocycles. The molecular weight excluding hydrogens is 226 g/mol. The molecular formula is C15H17NO2. The predicted octanol–water partition coefficient (Wildman–Crippen LogP) is 3.20. The van der Waals surface area contributed by atoms with Gasteiger partial charge in [0.1, 0.15) is 6.04 Å². The zero-order valence-corrected chi connectivity index (χ0v) is 10.6. The maximum absolute atomic E-state index is 11.6. The van der Waals surface area contributed by atoms with Crippen LogP contribution in [0.25, 0.3) is 10.8 Å². The van der Waals surface area contributed by atoms with Crippen LogP contribution in [0.2, 0.25) is 0 Å². The lowest BCUT2D eigenvalue weighted by atomic mass is 10.1. The Morgan fingerprint density at radius 3 is 2.67 bits per heavy atom. The Kier molecular flexibility index (Phi) is 3.82. The Bertz CT molecular complexity index is 546. The van der Waals surface area contributed by atoms with E-state index in [1.807, 2.05) is 37.3 Å². The average molecular weight is 243 g/mol. The molecule has 0 aliphatic heterocycles. The van der Waals surface area contributed by atoms with Crippen molar-refractivity contribution in [2.24, 2.45) is 0 Å². The van der Waals surface area contributed by atoms with Gasteiger partial charge in [0, 0.05) is 11.1 Å². The van der Waals surface area contributed by atoms with Gasteiger partial charge in [0.25, 0.3) is 0 Å². The van der Waals surface area contributed by atoms with Crippen LogP contribution in [0.15, 0.2) is 42.5 Å². The van der Waals surface area contributed by atoms with Gasteiger partial charge in [0.2, 0.25) is 0 Å². The first-order valence-electron chi connectivity index (χ1n) is 6.08. The zero-order chi connectivity index (χ0) is 13.0. The van der Waals surface area contributed by atoms with Crippen LogP contribution in [0.5, 0.6) is 0 Å². The topological polar surface area (TPSA) is 38.3 Å². The molecule has 2 aromatic carbocycles. The van der Waals surface area contributed by atoms with Gasteiger partial charge in [0.05, 0.1) is 7.11 Å². The Morgan fingerprint density at radius 1 is 1.22 bits per heavy atom. The molecule has 2 aromatic rings. The number of esters is 1. The van der Waals surface area contributed by atoms with Crippen molar-refractivity contribution in [3.63, 3.8) is 0 Å². The number of nitrogens with one attached hydrogen (secondary N) is 1. The van der Waals surface area contributed by atoms with E-state index in [0.29, 0.717) is 6.42 Å². The molecule has 3 heteroatoms. The van der Waals surface area contributed by atoms with E-state index in [4.69, 9.17) is 4.74 Å². The first-order chi connectivity index (χ1) is 8.76. The predicted molar refractivity (Wildman–Crippen MR) is 73.7 cm³/mol. The van der Waals surface area contributed by atoms with Crippen LogP contribution < -0.4 is 5.32 Å². The van der Waals surface area contributed by atoms with Crippen LogP contribution in [0.4, 0.5) is 5.69 Å². The first-order valence-corrected chi connectivity index (χ1v) is 6.08. The molecule has 0 aliphatic rings. The molecule has 0 fully saturated rings. The van der Waals surface area contributed by atoms with Crippen molar-refractivity contribution in [1.29, 1.82) is 0 Å². The summed E-state index contributed by atoms with van der Waals surface area (Å²) in [6, 6.07) is 13.8. The number of anilines is 1. The smallest absolute Gasteiger partial charge is 0.328 e. The summed E-state index contributed by atoms with van der Waals surface area (Å²) in [6.45, 7) is 1.96. The largest absolute Gasteiger partial charge is 0.467 e. The Hall–Kier alpha value is -2.03. The molecule has 0 radical (unpaired) electrons. The quantitative estimate of drug-likeness (QED) is 0.838. The normalized spacial score (nSPS) is 12.1. The van der Waals surface area contributed by atoms with Crippen molar-refractivity contribution < 1.29 is 9.53 Å². The van der Waals surface area contributed by atoms with Crippen LogP contribution in [-0.4, -0.2) is 19.1 Å². The highest BCUT2D eigenvalue weighted by molar-refractivity contribution is 5.95. The van der Waals surface area contributed by atoms with Gasteiger partial charge in [-0.05, 0) is 17.9 Å². The van der Waals surface area contributed by atoms with Crippen LogP contribution in [0.1, 0.15) is 13.3 Å². The van der Waals surface area contributed by atoms with Gasteiger partial charge >= 0.3 is 5.97 Å². The Morgan fingerprint density at radius 2 is 1.94 bits per heavy atom. The molecule has 3 nitrogen and oxygen atoms in total. The van der Waals surface area contributed by atoms with Crippen molar-refractivity contribution in [3.05, 3.63) is 42.5 Å². The summed E-state index contributed by atoms with van der Waals surface area (Å²) in [5, 5.41) is 5.52. The fourth-order valence-corrected chi connectivity index (χ4v) is 2.01. The fourth-order valence-electron chi connectivity index (χ4n) is 2.01. The van der Waals surface area contributed by atoms with Gasteiger partial charge in [-0.2, -0.15) is 0 Å². The number of hydrogen-bond donors (Lipinski definition) is 1. The van der Waals surface area contributed by atoms with E-state index < -0.39 is 0 Å². The van der Waals surface area contributed by atoms with Crippen molar-refractivity contribution >= 4 is 22.4 Å². The molecule has 0 aliphatic carbocycles. The minimum atomic E-state index is -0.305. The van der Waals surface area contributed by atoms with E-state index in [1.54, 1.807) is 0 Å². The standard InChI is InChI=1S/C15H17NO2/c1-3-13(15(17)18-2)16-14-10-6-8-11-7-4-5-9-12(11)14/h4-10,13,16H,3H2,1-2H3. The maximum Gasteiger partial charge on any atom is 0.328 e. The van der Waals surface area contributed by atoms with E-state index >= 15 is 0 Å². The highest BCUT2D eigenvalue weighted by Crippen LogP contribution is 2.24. The van der Waals surface area contributed by atoms with Crippen LogP contribution >= 0.6 is 0 Å². The molecule has 0 saturated carbocycles. The van der Waals surface area contributed by atoms with E-state index in [0.717, 1.165) is 16.5 Å². The third kappa shape index (κ3) is 2.45. The number of ether oxygens (including phenoxy) is 1. The summed E-state index contributed by atoms with van der Waals surface area (Å²) >= 11 is 0. The highest BCUT2D eigenvalue weighted by atomic mass is 16.5. The molecule has 1 unspecified atom stereocenters. The number of methoxy groups -OCH3 is 1. The third-order valence-electron chi connectivity index (χ3n) is 3.01.